The summed E-state index contributed by atoms with van der Waals surface area (Å²) in [6.07, 6.45) is 0. The van der Waals surface area contributed by atoms with E-state index in [1.54, 1.807) is 0 Å². The molecular weight excluding hydrogens is 263 g/mol. The summed E-state index contributed by atoms with van der Waals surface area (Å²) in [5, 5.41) is 19.8. The fourth-order valence-electron chi connectivity index (χ4n) is 0.919. The molecule has 16 heavy (non-hydrogen) atoms. The molecule has 86 valence electrons. The van der Waals surface area contributed by atoms with E-state index < -0.39 is 26.5 Å². The topological polar surface area (TPSA) is 103 Å². The quantitative estimate of drug-likeness (QED) is 0.474. The average Bonchev–Trinajstić information content (AvgIpc) is 2.16. The summed E-state index contributed by atoms with van der Waals surface area (Å²) in [6.45, 7) is 0. The van der Waals surface area contributed by atoms with Crippen LogP contribution in [0.5, 0.6) is 0 Å². The summed E-state index contributed by atoms with van der Waals surface area (Å²) in [5.41, 5.74) is -1.38. The van der Waals surface area contributed by atoms with Gasteiger partial charge in [0.1, 0.15) is 0 Å². The maximum atomic E-state index is 10.7. The van der Waals surface area contributed by atoms with Crippen LogP contribution in [0.25, 0.3) is 0 Å². The van der Waals surface area contributed by atoms with Crippen LogP contribution in [0, 0.1) is 20.2 Å². The van der Waals surface area contributed by atoms with E-state index in [0.29, 0.717) is 0 Å². The highest BCUT2D eigenvalue weighted by Crippen LogP contribution is 2.23. The molecule has 0 saturated carbocycles. The Hall–Kier alpha value is -1.73. The van der Waals surface area contributed by atoms with Gasteiger partial charge in [-0.2, -0.15) is 0 Å². The third-order valence-corrected chi connectivity index (χ3v) is 1.77. The average molecular weight is 267 g/mol. The molecule has 0 aliphatic rings. The number of nitro benzene ring substituents is 2. The summed E-state index contributed by atoms with van der Waals surface area (Å²) in [5.74, 6) is 0. The first-order chi connectivity index (χ1) is 6.91. The van der Waals surface area contributed by atoms with Crippen molar-refractivity contribution in [1.82, 2.24) is 0 Å². The van der Waals surface area contributed by atoms with Crippen LogP contribution in [0.2, 0.25) is 0 Å². The highest BCUT2D eigenvalue weighted by atomic mass is 35.5. The van der Waals surface area contributed by atoms with Gasteiger partial charge in [0, 0.05) is 17.7 Å². The van der Waals surface area contributed by atoms with E-state index in [4.69, 9.17) is 11.6 Å². The van der Waals surface area contributed by atoms with Crippen LogP contribution in [-0.2, 0) is 0 Å². The molecule has 0 heterocycles. The largest absolute Gasteiger partial charge is 0.277 e. The van der Waals surface area contributed by atoms with Crippen LogP contribution in [0.3, 0.4) is 0 Å². The fourth-order valence-corrected chi connectivity index (χ4v) is 1.03. The van der Waals surface area contributed by atoms with Crippen LogP contribution in [0.15, 0.2) is 18.2 Å². The number of nitro groups is 2. The zero-order chi connectivity index (χ0) is 11.6. The third kappa shape index (κ3) is 3.14. The smallest absolute Gasteiger partial charge is 0.276 e. The number of nitrogens with zero attached hydrogens (tertiary/aromatic N) is 2. The van der Waals surface area contributed by atoms with Gasteiger partial charge >= 0.3 is 0 Å². The molecule has 0 amide bonds. The predicted molar refractivity (Wildman–Crippen MR) is 57.2 cm³/mol. The number of non-ortho nitro benzene ring substituents is 2. The van der Waals surface area contributed by atoms with Crippen LogP contribution in [-0.4, -0.2) is 15.1 Å². The molecule has 1 aromatic carbocycles. The molecular formula is C7H4Cl2N2O5. The molecule has 0 bridgehead atoms. The minimum absolute atomic E-state index is 0. The Morgan fingerprint density at radius 2 is 1.44 bits per heavy atom. The van der Waals surface area contributed by atoms with E-state index in [0.717, 1.165) is 18.2 Å². The molecule has 0 saturated heterocycles. The fraction of sp³-hybridized carbons (Fsp3) is 0. The summed E-state index contributed by atoms with van der Waals surface area (Å²) >= 11 is 5.07. The van der Waals surface area contributed by atoms with Gasteiger partial charge in [0.05, 0.1) is 15.9 Å². The molecule has 0 atom stereocenters. The van der Waals surface area contributed by atoms with E-state index in [9.17, 15) is 25.0 Å². The normalized spacial score (nSPS) is 9.06. The van der Waals surface area contributed by atoms with Gasteiger partial charge in [0.2, 0.25) is 0 Å². The Kier molecular flexibility index (Phi) is 4.80. The second-order valence-corrected chi connectivity index (χ2v) is 2.87. The van der Waals surface area contributed by atoms with Gasteiger partial charge in [-0.05, 0) is 11.6 Å². The third-order valence-electron chi connectivity index (χ3n) is 1.55. The van der Waals surface area contributed by atoms with Crippen LogP contribution in [0.1, 0.15) is 10.4 Å². The molecule has 0 spiro atoms. The minimum Gasteiger partial charge on any atom is -0.276 e. The van der Waals surface area contributed by atoms with Gasteiger partial charge in [-0.15, -0.1) is 12.4 Å². The van der Waals surface area contributed by atoms with Crippen molar-refractivity contribution >= 4 is 40.6 Å². The lowest BCUT2D eigenvalue weighted by atomic mass is 10.2. The zero-order valence-corrected chi connectivity index (χ0v) is 9.03. The summed E-state index contributed by atoms with van der Waals surface area (Å²) in [7, 11) is 0. The Labute approximate surface area is 99.7 Å². The second kappa shape index (κ2) is 5.38. The molecule has 0 aromatic heterocycles. The van der Waals surface area contributed by atoms with Crippen molar-refractivity contribution in [3.05, 3.63) is 44.0 Å². The van der Waals surface area contributed by atoms with Crippen molar-refractivity contribution in [2.75, 3.05) is 0 Å². The molecule has 9 heteroatoms. The van der Waals surface area contributed by atoms with Gasteiger partial charge < -0.3 is 0 Å². The van der Waals surface area contributed by atoms with Gasteiger partial charge in [0.25, 0.3) is 16.6 Å². The summed E-state index contributed by atoms with van der Waals surface area (Å²) in [6, 6.07) is 2.51. The number of halogens is 2. The number of rotatable bonds is 3. The number of carbonyl (C=O) groups is 1. The Morgan fingerprint density at radius 1 is 1.06 bits per heavy atom. The Morgan fingerprint density at radius 3 is 1.69 bits per heavy atom. The first kappa shape index (κ1) is 14.3. The number of carbonyl (C=O) groups excluding carboxylic acids is 1. The van der Waals surface area contributed by atoms with Crippen molar-refractivity contribution in [2.45, 2.75) is 0 Å². The van der Waals surface area contributed by atoms with E-state index in [1.165, 1.54) is 0 Å². The maximum Gasteiger partial charge on any atom is 0.277 e. The first-order valence-corrected chi connectivity index (χ1v) is 3.93. The summed E-state index contributed by atoms with van der Waals surface area (Å²) in [4.78, 5) is 29.8. The summed E-state index contributed by atoms with van der Waals surface area (Å²) < 4.78 is 0. The van der Waals surface area contributed by atoms with E-state index >= 15 is 0 Å². The van der Waals surface area contributed by atoms with Crippen LogP contribution >= 0.6 is 24.0 Å². The monoisotopic (exact) mass is 266 g/mol. The minimum atomic E-state index is -0.984. The van der Waals surface area contributed by atoms with Crippen molar-refractivity contribution in [1.29, 1.82) is 0 Å². The molecule has 1 aromatic rings. The van der Waals surface area contributed by atoms with Gasteiger partial charge in [-0.1, -0.05) is 0 Å². The molecule has 0 aliphatic heterocycles. The standard InChI is InChI=1S/C7H3ClN2O5.ClH/c8-7(11)4-1-5(9(12)13)3-6(2-4)10(14)15;/h1-3H;1H. The predicted octanol–water partition coefficient (Wildman–Crippen LogP) is 2.30. The lowest BCUT2D eigenvalue weighted by molar-refractivity contribution is -0.394. The number of hydrogen-bond donors (Lipinski definition) is 0. The first-order valence-electron chi connectivity index (χ1n) is 3.55. The van der Waals surface area contributed by atoms with Crippen molar-refractivity contribution in [3.8, 4) is 0 Å². The highest BCUT2D eigenvalue weighted by Gasteiger charge is 2.18. The number of benzene rings is 1. The van der Waals surface area contributed by atoms with E-state index in [-0.39, 0.29) is 18.0 Å². The molecule has 0 radical (unpaired) electrons. The maximum absolute atomic E-state index is 10.7. The molecule has 0 aliphatic carbocycles. The van der Waals surface area contributed by atoms with E-state index in [1.807, 2.05) is 0 Å². The molecule has 7 nitrogen and oxygen atoms in total. The lowest BCUT2D eigenvalue weighted by Crippen LogP contribution is -1.97. The van der Waals surface area contributed by atoms with Gasteiger partial charge in [-0.3, -0.25) is 25.0 Å². The van der Waals surface area contributed by atoms with Crippen LogP contribution < -0.4 is 0 Å². The highest BCUT2D eigenvalue weighted by molar-refractivity contribution is 6.67. The van der Waals surface area contributed by atoms with E-state index in [2.05, 4.69) is 0 Å². The van der Waals surface area contributed by atoms with Crippen molar-refractivity contribution in [3.63, 3.8) is 0 Å². The Bertz CT molecular complexity index is 383. The molecule has 0 N–H and O–H groups in total. The lowest BCUT2D eigenvalue weighted by Gasteiger charge is -1.96. The number of hydrogen-bond acceptors (Lipinski definition) is 5. The molecule has 1 rings (SSSR count). The van der Waals surface area contributed by atoms with Crippen molar-refractivity contribution < 1.29 is 14.6 Å². The molecule has 0 unspecified atom stereocenters. The SMILES string of the molecule is Cl.O=C(Cl)c1cc([N+](=O)[O-])cc([N+](=O)[O-])c1. The van der Waals surface area contributed by atoms with Gasteiger partial charge in [-0.25, -0.2) is 0 Å². The Balaban J connectivity index is 0.00000225. The second-order valence-electron chi connectivity index (χ2n) is 2.53. The zero-order valence-electron chi connectivity index (χ0n) is 7.45. The van der Waals surface area contributed by atoms with Crippen molar-refractivity contribution in [2.24, 2.45) is 0 Å². The van der Waals surface area contributed by atoms with Gasteiger partial charge in [0.15, 0.2) is 0 Å². The van der Waals surface area contributed by atoms with Crippen LogP contribution in [0.4, 0.5) is 11.4 Å². The molecule has 0 fully saturated rings.